The van der Waals surface area contributed by atoms with E-state index in [4.69, 9.17) is 0 Å². The first-order valence-electron chi connectivity index (χ1n) is 7.19. The molecule has 1 unspecified atom stereocenters. The van der Waals surface area contributed by atoms with Gasteiger partial charge in [-0.05, 0) is 37.5 Å². The Balaban J connectivity index is 1.89. The van der Waals surface area contributed by atoms with Crippen LogP contribution >= 0.6 is 0 Å². The predicted molar refractivity (Wildman–Crippen MR) is 81.7 cm³/mol. The van der Waals surface area contributed by atoms with Crippen molar-refractivity contribution in [2.24, 2.45) is 0 Å². The van der Waals surface area contributed by atoms with Crippen LogP contribution < -0.4 is 5.32 Å². The molecule has 0 aliphatic carbocycles. The molecule has 6 heteroatoms. The molecular weight excluding hydrogens is 288 g/mol. The first kappa shape index (κ1) is 16.0. The van der Waals surface area contributed by atoms with Gasteiger partial charge in [-0.1, -0.05) is 12.1 Å². The Bertz CT molecular complexity index is 590. The number of hydrogen-bond donors (Lipinski definition) is 1. The fourth-order valence-corrected chi connectivity index (χ4v) is 3.05. The summed E-state index contributed by atoms with van der Waals surface area (Å²) in [5.41, 5.74) is 0.962. The Morgan fingerprint density at radius 3 is 2.33 bits per heavy atom. The molecule has 0 radical (unpaired) electrons. The zero-order valence-electron chi connectivity index (χ0n) is 12.5. The quantitative estimate of drug-likeness (QED) is 0.887. The van der Waals surface area contributed by atoms with Crippen molar-refractivity contribution in [3.8, 4) is 0 Å². The van der Waals surface area contributed by atoms with Crippen molar-refractivity contribution in [3.63, 3.8) is 0 Å². The molecule has 1 aromatic carbocycles. The molecule has 1 amide bonds. The lowest BCUT2D eigenvalue weighted by Gasteiger charge is -2.21. The minimum atomic E-state index is -3.16. The van der Waals surface area contributed by atoms with E-state index >= 15 is 0 Å². The number of benzene rings is 1. The molecule has 2 rings (SSSR count). The smallest absolute Gasteiger partial charge is 0.239 e. The maximum absolute atomic E-state index is 12.1. The number of hydrogen-bond acceptors (Lipinski definition) is 4. The number of sulfone groups is 1. The SMILES string of the molecule is CC(NCc1ccc(S(C)(=O)=O)cc1)C(=O)N1CCCC1. The Hall–Kier alpha value is -1.40. The van der Waals surface area contributed by atoms with Gasteiger partial charge in [-0.3, -0.25) is 4.79 Å². The second kappa shape index (κ2) is 6.58. The van der Waals surface area contributed by atoms with Gasteiger partial charge in [-0.25, -0.2) is 8.42 Å². The van der Waals surface area contributed by atoms with Crippen molar-refractivity contribution in [2.75, 3.05) is 19.3 Å². The molecule has 21 heavy (non-hydrogen) atoms. The number of amides is 1. The molecular formula is C15H22N2O3S. The van der Waals surface area contributed by atoms with E-state index in [1.165, 1.54) is 6.26 Å². The first-order chi connectivity index (χ1) is 9.88. The molecule has 1 aromatic rings. The number of nitrogens with zero attached hydrogens (tertiary/aromatic N) is 1. The molecule has 0 saturated carbocycles. The van der Waals surface area contributed by atoms with Gasteiger partial charge in [0.2, 0.25) is 5.91 Å². The maximum atomic E-state index is 12.1. The fourth-order valence-electron chi connectivity index (χ4n) is 2.42. The van der Waals surface area contributed by atoms with Gasteiger partial charge < -0.3 is 10.2 Å². The Kier molecular flexibility index (Phi) is 5.00. The minimum Gasteiger partial charge on any atom is -0.341 e. The number of carbonyl (C=O) groups is 1. The molecule has 1 saturated heterocycles. The summed E-state index contributed by atoms with van der Waals surface area (Å²) in [6.07, 6.45) is 3.37. The molecule has 0 spiro atoms. The highest BCUT2D eigenvalue weighted by Gasteiger charge is 2.22. The van der Waals surface area contributed by atoms with Gasteiger partial charge in [0.15, 0.2) is 9.84 Å². The van der Waals surface area contributed by atoms with Crippen molar-refractivity contribution < 1.29 is 13.2 Å². The van der Waals surface area contributed by atoms with E-state index in [0.717, 1.165) is 31.5 Å². The highest BCUT2D eigenvalue weighted by molar-refractivity contribution is 7.90. The van der Waals surface area contributed by atoms with E-state index in [1.807, 2.05) is 11.8 Å². The fraction of sp³-hybridized carbons (Fsp3) is 0.533. The van der Waals surface area contributed by atoms with Crippen LogP contribution in [0.2, 0.25) is 0 Å². The Morgan fingerprint density at radius 1 is 1.24 bits per heavy atom. The van der Waals surface area contributed by atoms with Crippen LogP contribution in [0.15, 0.2) is 29.2 Å². The van der Waals surface area contributed by atoms with Gasteiger partial charge in [0.1, 0.15) is 0 Å². The summed E-state index contributed by atoms with van der Waals surface area (Å²) in [7, 11) is -3.16. The zero-order valence-corrected chi connectivity index (χ0v) is 13.3. The summed E-state index contributed by atoms with van der Waals surface area (Å²) in [5.74, 6) is 0.139. The monoisotopic (exact) mass is 310 g/mol. The van der Waals surface area contributed by atoms with E-state index in [9.17, 15) is 13.2 Å². The van der Waals surface area contributed by atoms with E-state index in [-0.39, 0.29) is 11.9 Å². The third-order valence-corrected chi connectivity index (χ3v) is 4.88. The lowest BCUT2D eigenvalue weighted by atomic mass is 10.2. The van der Waals surface area contributed by atoms with Gasteiger partial charge in [0.25, 0.3) is 0 Å². The summed E-state index contributed by atoms with van der Waals surface area (Å²) in [6, 6.07) is 6.52. The molecule has 1 fully saturated rings. The van der Waals surface area contributed by atoms with Crippen LogP contribution in [0.1, 0.15) is 25.3 Å². The normalized spacial score (nSPS) is 17.0. The molecule has 0 aromatic heterocycles. The van der Waals surface area contributed by atoms with Crippen molar-refractivity contribution in [1.29, 1.82) is 0 Å². The first-order valence-corrected chi connectivity index (χ1v) is 9.08. The molecule has 1 aliphatic heterocycles. The largest absolute Gasteiger partial charge is 0.341 e. The van der Waals surface area contributed by atoms with Crippen molar-refractivity contribution in [2.45, 2.75) is 37.2 Å². The van der Waals surface area contributed by atoms with Gasteiger partial charge >= 0.3 is 0 Å². The van der Waals surface area contributed by atoms with E-state index in [1.54, 1.807) is 24.3 Å². The maximum Gasteiger partial charge on any atom is 0.239 e. The van der Waals surface area contributed by atoms with E-state index < -0.39 is 9.84 Å². The third kappa shape index (κ3) is 4.28. The van der Waals surface area contributed by atoms with Crippen molar-refractivity contribution in [3.05, 3.63) is 29.8 Å². The summed E-state index contributed by atoms with van der Waals surface area (Å²) in [5, 5.41) is 3.19. The average molecular weight is 310 g/mol. The van der Waals surface area contributed by atoms with Crippen LogP contribution in [-0.4, -0.2) is 44.6 Å². The number of likely N-dealkylation sites (tertiary alicyclic amines) is 1. The predicted octanol–water partition coefficient (Wildman–Crippen LogP) is 1.19. The molecule has 5 nitrogen and oxygen atoms in total. The molecule has 116 valence electrons. The average Bonchev–Trinajstić information content (AvgIpc) is 2.97. The molecule has 1 aliphatic rings. The highest BCUT2D eigenvalue weighted by Crippen LogP contribution is 2.11. The van der Waals surface area contributed by atoms with Crippen LogP contribution in [0, 0.1) is 0 Å². The summed E-state index contributed by atoms with van der Waals surface area (Å²) in [6.45, 7) is 4.12. The Morgan fingerprint density at radius 2 is 1.81 bits per heavy atom. The van der Waals surface area contributed by atoms with Gasteiger partial charge in [0, 0.05) is 25.9 Å². The topological polar surface area (TPSA) is 66.5 Å². The van der Waals surface area contributed by atoms with Crippen LogP contribution in [0.3, 0.4) is 0 Å². The Labute approximate surface area is 126 Å². The second-order valence-electron chi connectivity index (χ2n) is 5.55. The van der Waals surface area contributed by atoms with Gasteiger partial charge in [-0.15, -0.1) is 0 Å². The molecule has 1 heterocycles. The zero-order chi connectivity index (χ0) is 15.5. The standard InChI is InChI=1S/C15H22N2O3S/c1-12(15(18)17-9-3-4-10-17)16-11-13-5-7-14(8-6-13)21(2,19)20/h5-8,12,16H,3-4,9-11H2,1-2H3. The van der Waals surface area contributed by atoms with E-state index in [0.29, 0.717) is 11.4 Å². The summed E-state index contributed by atoms with van der Waals surface area (Å²) >= 11 is 0. The van der Waals surface area contributed by atoms with Gasteiger partial charge in [0.05, 0.1) is 10.9 Å². The summed E-state index contributed by atoms with van der Waals surface area (Å²) in [4.78, 5) is 14.3. The van der Waals surface area contributed by atoms with Crippen molar-refractivity contribution in [1.82, 2.24) is 10.2 Å². The lowest BCUT2D eigenvalue weighted by molar-refractivity contribution is -0.131. The minimum absolute atomic E-state index is 0.139. The van der Waals surface area contributed by atoms with Crippen LogP contribution in [0.25, 0.3) is 0 Å². The summed E-state index contributed by atoms with van der Waals surface area (Å²) < 4.78 is 22.8. The lowest BCUT2D eigenvalue weighted by Crippen LogP contribution is -2.43. The molecule has 1 atom stereocenters. The van der Waals surface area contributed by atoms with Crippen LogP contribution in [-0.2, 0) is 21.2 Å². The number of rotatable bonds is 5. The van der Waals surface area contributed by atoms with Crippen LogP contribution in [0.5, 0.6) is 0 Å². The van der Waals surface area contributed by atoms with E-state index in [2.05, 4.69) is 5.32 Å². The molecule has 0 bridgehead atoms. The third-order valence-electron chi connectivity index (χ3n) is 3.75. The number of carbonyl (C=O) groups excluding carboxylic acids is 1. The highest BCUT2D eigenvalue weighted by atomic mass is 32.2. The van der Waals surface area contributed by atoms with Gasteiger partial charge in [-0.2, -0.15) is 0 Å². The van der Waals surface area contributed by atoms with Crippen LogP contribution in [0.4, 0.5) is 0 Å². The second-order valence-corrected chi connectivity index (χ2v) is 7.57. The van der Waals surface area contributed by atoms with Crippen molar-refractivity contribution >= 4 is 15.7 Å². The molecule has 1 N–H and O–H groups in total. The number of nitrogens with one attached hydrogen (secondary N) is 1.